The Morgan fingerprint density at radius 3 is 2.44 bits per heavy atom. The van der Waals surface area contributed by atoms with Crippen LogP contribution in [0.25, 0.3) is 0 Å². The number of benzene rings is 1. The van der Waals surface area contributed by atoms with E-state index in [0.29, 0.717) is 24.4 Å². The van der Waals surface area contributed by atoms with Crippen molar-refractivity contribution in [3.8, 4) is 0 Å². The lowest BCUT2D eigenvalue weighted by atomic mass is 9.67. The van der Waals surface area contributed by atoms with Gasteiger partial charge in [-0.2, -0.15) is 0 Å². The van der Waals surface area contributed by atoms with E-state index in [4.69, 9.17) is 4.74 Å². The van der Waals surface area contributed by atoms with E-state index in [1.807, 2.05) is 39.0 Å². The Hall–Kier alpha value is -2.90. The molecule has 1 saturated carbocycles. The third-order valence-electron chi connectivity index (χ3n) is 7.15. The zero-order valence-corrected chi connectivity index (χ0v) is 21.1. The van der Waals surface area contributed by atoms with Crippen molar-refractivity contribution in [1.29, 1.82) is 0 Å². The van der Waals surface area contributed by atoms with Gasteiger partial charge < -0.3 is 15.4 Å². The van der Waals surface area contributed by atoms with Gasteiger partial charge in [0.25, 0.3) is 11.8 Å². The van der Waals surface area contributed by atoms with E-state index in [2.05, 4.69) is 31.4 Å². The fourth-order valence-electron chi connectivity index (χ4n) is 4.97. The summed E-state index contributed by atoms with van der Waals surface area (Å²) in [5.41, 5.74) is 1.82. The van der Waals surface area contributed by atoms with Gasteiger partial charge in [0.2, 0.25) is 0 Å². The Kier molecular flexibility index (Phi) is 7.38. The maximum Gasteiger partial charge on any atom is 0.326 e. The van der Waals surface area contributed by atoms with Crippen molar-refractivity contribution in [3.05, 3.63) is 29.3 Å². The highest BCUT2D eigenvalue weighted by Gasteiger charge is 2.53. The van der Waals surface area contributed by atoms with Crippen LogP contribution in [0.2, 0.25) is 0 Å². The average molecular weight is 472 g/mol. The summed E-state index contributed by atoms with van der Waals surface area (Å²) in [6.07, 6.45) is 2.79. The highest BCUT2D eigenvalue weighted by atomic mass is 16.5. The first kappa shape index (κ1) is 25.7. The predicted molar refractivity (Wildman–Crippen MR) is 129 cm³/mol. The highest BCUT2D eigenvalue weighted by Crippen LogP contribution is 2.43. The van der Waals surface area contributed by atoms with Gasteiger partial charge in [0.1, 0.15) is 12.1 Å². The quantitative estimate of drug-likeness (QED) is 0.480. The third kappa shape index (κ3) is 5.42. The van der Waals surface area contributed by atoms with Crippen LogP contribution >= 0.6 is 0 Å². The van der Waals surface area contributed by atoms with Crippen molar-refractivity contribution in [2.75, 3.05) is 18.5 Å². The molecule has 1 aromatic carbocycles. The van der Waals surface area contributed by atoms with Crippen LogP contribution in [0.1, 0.15) is 77.3 Å². The Balaban J connectivity index is 1.54. The largest absolute Gasteiger partial charge is 0.454 e. The van der Waals surface area contributed by atoms with Crippen molar-refractivity contribution in [2.24, 2.45) is 11.3 Å². The first-order chi connectivity index (χ1) is 15.8. The minimum absolute atomic E-state index is 0.144. The van der Waals surface area contributed by atoms with Gasteiger partial charge in [-0.3, -0.25) is 19.3 Å². The summed E-state index contributed by atoms with van der Waals surface area (Å²) in [4.78, 5) is 51.3. The Bertz CT molecular complexity index is 971. The van der Waals surface area contributed by atoms with Crippen LogP contribution in [0.5, 0.6) is 0 Å². The second-order valence-corrected chi connectivity index (χ2v) is 10.9. The van der Waals surface area contributed by atoms with Gasteiger partial charge in [0.05, 0.1) is 0 Å². The number of hydrogen-bond acceptors (Lipinski definition) is 5. The first-order valence-electron chi connectivity index (χ1n) is 12.0. The molecule has 1 aliphatic heterocycles. The molecule has 2 fully saturated rings. The molecule has 1 saturated heterocycles. The number of esters is 1. The number of urea groups is 1. The van der Waals surface area contributed by atoms with E-state index in [1.165, 1.54) is 0 Å². The lowest BCUT2D eigenvalue weighted by Crippen LogP contribution is -2.50. The average Bonchev–Trinajstić information content (AvgIpc) is 2.97. The number of ether oxygens (including phenoxy) is 1. The summed E-state index contributed by atoms with van der Waals surface area (Å²) in [7, 11) is 0. The Morgan fingerprint density at radius 1 is 1.21 bits per heavy atom. The van der Waals surface area contributed by atoms with Crippen molar-refractivity contribution in [1.82, 2.24) is 10.2 Å². The molecular weight excluding hydrogens is 434 g/mol. The second kappa shape index (κ2) is 9.76. The minimum Gasteiger partial charge on any atom is -0.454 e. The molecule has 34 heavy (non-hydrogen) atoms. The summed E-state index contributed by atoms with van der Waals surface area (Å²) in [5.74, 6) is -0.965. The monoisotopic (exact) mass is 471 g/mol. The number of aryl methyl sites for hydroxylation is 1. The fourth-order valence-corrected chi connectivity index (χ4v) is 4.97. The molecule has 1 spiro atoms. The third-order valence-corrected chi connectivity index (χ3v) is 7.15. The number of nitrogens with one attached hydrogen (secondary N) is 2. The van der Waals surface area contributed by atoms with Crippen molar-refractivity contribution in [2.45, 2.75) is 78.7 Å². The summed E-state index contributed by atoms with van der Waals surface area (Å²) < 4.78 is 5.09. The molecule has 3 rings (SSSR count). The molecular formula is C26H37N3O5. The molecule has 0 radical (unpaired) electrons. The molecule has 8 heteroatoms. The van der Waals surface area contributed by atoms with Crippen LogP contribution in [0.15, 0.2) is 18.2 Å². The maximum absolute atomic E-state index is 13.1. The van der Waals surface area contributed by atoms with Crippen LogP contribution < -0.4 is 10.6 Å². The van der Waals surface area contributed by atoms with E-state index < -0.39 is 36.6 Å². The SMILES string of the molecule is Cc1cccc(C(C)C)c1NC(=O)COC(=O)CN1C(=O)NC2(CCC(C(C)(C)C)CC2)C1=O. The van der Waals surface area contributed by atoms with Crippen molar-refractivity contribution in [3.63, 3.8) is 0 Å². The second-order valence-electron chi connectivity index (χ2n) is 10.9. The molecule has 2 aliphatic rings. The number of para-hydroxylation sites is 1. The van der Waals surface area contributed by atoms with Crippen LogP contribution in [0.4, 0.5) is 10.5 Å². The number of rotatable bonds is 6. The number of imide groups is 1. The molecule has 1 aromatic rings. The number of carbonyl (C=O) groups excluding carboxylic acids is 4. The van der Waals surface area contributed by atoms with Crippen molar-refractivity contribution >= 4 is 29.5 Å². The van der Waals surface area contributed by atoms with Gasteiger partial charge in [0.15, 0.2) is 6.61 Å². The lowest BCUT2D eigenvalue weighted by Gasteiger charge is -2.40. The van der Waals surface area contributed by atoms with Crippen LogP contribution in [0.3, 0.4) is 0 Å². The maximum atomic E-state index is 13.1. The van der Waals surface area contributed by atoms with Gasteiger partial charge in [-0.05, 0) is 61.0 Å². The standard InChI is InChI=1S/C26H37N3O5/c1-16(2)19-9-7-8-17(3)22(19)27-20(30)15-34-21(31)14-29-23(32)26(28-24(29)33)12-10-18(11-13-26)25(4,5)6/h7-9,16,18H,10-15H2,1-6H3,(H,27,30)(H,28,33). The zero-order chi connectivity index (χ0) is 25.3. The summed E-state index contributed by atoms with van der Waals surface area (Å²) in [5, 5.41) is 5.63. The van der Waals surface area contributed by atoms with Gasteiger partial charge in [-0.1, -0.05) is 52.8 Å². The number of anilines is 1. The normalized spacial score (nSPS) is 22.8. The zero-order valence-electron chi connectivity index (χ0n) is 21.1. The number of nitrogens with zero attached hydrogens (tertiary/aromatic N) is 1. The predicted octanol–water partition coefficient (Wildman–Crippen LogP) is 4.13. The topological polar surface area (TPSA) is 105 Å². The van der Waals surface area contributed by atoms with E-state index >= 15 is 0 Å². The number of amides is 4. The van der Waals surface area contributed by atoms with Crippen LogP contribution in [0, 0.1) is 18.3 Å². The van der Waals surface area contributed by atoms with Crippen LogP contribution in [-0.4, -0.2) is 47.4 Å². The van der Waals surface area contributed by atoms with Gasteiger partial charge >= 0.3 is 12.0 Å². The van der Waals surface area contributed by atoms with E-state index in [1.54, 1.807) is 0 Å². The van der Waals surface area contributed by atoms with Gasteiger partial charge in [-0.15, -0.1) is 0 Å². The molecule has 2 N–H and O–H groups in total. The molecule has 0 atom stereocenters. The molecule has 8 nitrogen and oxygen atoms in total. The molecule has 0 bridgehead atoms. The van der Waals surface area contributed by atoms with Crippen LogP contribution in [-0.2, 0) is 19.1 Å². The molecule has 4 amide bonds. The Morgan fingerprint density at radius 2 is 1.85 bits per heavy atom. The molecule has 1 heterocycles. The van der Waals surface area contributed by atoms with Gasteiger partial charge in [0, 0.05) is 5.69 Å². The van der Waals surface area contributed by atoms with E-state index in [0.717, 1.165) is 28.9 Å². The highest BCUT2D eigenvalue weighted by molar-refractivity contribution is 6.08. The summed E-state index contributed by atoms with van der Waals surface area (Å²) in [6.45, 7) is 11.5. The Labute approximate surface area is 201 Å². The number of carbonyl (C=O) groups is 4. The lowest BCUT2D eigenvalue weighted by molar-refractivity contribution is -0.150. The fraction of sp³-hybridized carbons (Fsp3) is 0.615. The first-order valence-corrected chi connectivity index (χ1v) is 12.0. The van der Waals surface area contributed by atoms with Crippen molar-refractivity contribution < 1.29 is 23.9 Å². The molecule has 1 aliphatic carbocycles. The molecule has 186 valence electrons. The van der Waals surface area contributed by atoms with E-state index in [-0.39, 0.29) is 17.2 Å². The van der Waals surface area contributed by atoms with Gasteiger partial charge in [-0.25, -0.2) is 4.79 Å². The summed E-state index contributed by atoms with van der Waals surface area (Å²) in [6, 6.07) is 5.19. The number of hydrogen-bond donors (Lipinski definition) is 2. The smallest absolute Gasteiger partial charge is 0.326 e. The van der Waals surface area contributed by atoms with E-state index in [9.17, 15) is 19.2 Å². The summed E-state index contributed by atoms with van der Waals surface area (Å²) >= 11 is 0. The molecule has 0 aromatic heterocycles. The minimum atomic E-state index is -0.936. The molecule has 0 unspecified atom stereocenters.